The lowest BCUT2D eigenvalue weighted by Gasteiger charge is -2.13. The van der Waals surface area contributed by atoms with Crippen molar-refractivity contribution in [2.24, 2.45) is 0 Å². The summed E-state index contributed by atoms with van der Waals surface area (Å²) in [5.41, 5.74) is -0.629. The first kappa shape index (κ1) is 16.4. The first-order valence-electron chi connectivity index (χ1n) is 6.79. The summed E-state index contributed by atoms with van der Waals surface area (Å²) >= 11 is 0. The fourth-order valence-electron chi connectivity index (χ4n) is 2.49. The largest absolute Gasteiger partial charge is 0.477 e. The van der Waals surface area contributed by atoms with Gasteiger partial charge in [0.05, 0.1) is 5.56 Å². The zero-order valence-electron chi connectivity index (χ0n) is 12.3. The average molecular weight is 314 g/mol. The van der Waals surface area contributed by atoms with E-state index in [0.717, 1.165) is 18.7 Å². The molecule has 1 aromatic heterocycles. The maximum atomic E-state index is 13.1. The van der Waals surface area contributed by atoms with Gasteiger partial charge in [-0.1, -0.05) is 6.07 Å². The summed E-state index contributed by atoms with van der Waals surface area (Å²) in [7, 11) is 3.77. The van der Waals surface area contributed by atoms with E-state index in [9.17, 15) is 23.1 Å². The first-order chi connectivity index (χ1) is 10.2. The molecule has 4 nitrogen and oxygen atoms in total. The molecule has 2 rings (SSSR count). The van der Waals surface area contributed by atoms with Crippen LogP contribution in [0.4, 0.5) is 13.2 Å². The van der Waals surface area contributed by atoms with Crippen molar-refractivity contribution < 1.29 is 23.1 Å². The minimum Gasteiger partial charge on any atom is -0.477 e. The topological polar surface area (TPSA) is 45.5 Å². The number of hydrogen-bond acceptors (Lipinski definition) is 2. The third-order valence-electron chi connectivity index (χ3n) is 3.46. The Labute approximate surface area is 125 Å². The number of fused-ring (bicyclic) bond motifs is 1. The number of carboxylic acids is 1. The second kappa shape index (κ2) is 6.00. The van der Waals surface area contributed by atoms with Gasteiger partial charge in [-0.15, -0.1) is 0 Å². The summed E-state index contributed by atoms with van der Waals surface area (Å²) in [6, 6.07) is 4.90. The van der Waals surface area contributed by atoms with Gasteiger partial charge in [-0.25, -0.2) is 4.79 Å². The number of alkyl halides is 3. The number of aryl methyl sites for hydroxylation is 1. The molecule has 0 fully saturated rings. The van der Waals surface area contributed by atoms with Crippen LogP contribution in [-0.4, -0.2) is 41.2 Å². The molecule has 0 radical (unpaired) electrons. The number of aromatic nitrogens is 1. The molecule has 0 aliphatic rings. The van der Waals surface area contributed by atoms with Gasteiger partial charge in [-0.05, 0) is 45.3 Å². The Hall–Kier alpha value is -2.02. The fraction of sp³-hybridized carbons (Fsp3) is 0.400. The zero-order valence-corrected chi connectivity index (χ0v) is 12.3. The molecule has 0 spiro atoms. The second-order valence-corrected chi connectivity index (χ2v) is 5.38. The Morgan fingerprint density at radius 1 is 1.32 bits per heavy atom. The van der Waals surface area contributed by atoms with Gasteiger partial charge in [-0.2, -0.15) is 13.2 Å². The number of rotatable bonds is 5. The van der Waals surface area contributed by atoms with E-state index in [1.807, 2.05) is 19.0 Å². The third kappa shape index (κ3) is 3.24. The van der Waals surface area contributed by atoms with E-state index in [1.54, 1.807) is 0 Å². The van der Waals surface area contributed by atoms with Gasteiger partial charge in [0, 0.05) is 17.4 Å². The van der Waals surface area contributed by atoms with E-state index in [4.69, 9.17) is 0 Å². The molecule has 0 saturated heterocycles. The Balaban J connectivity index is 2.53. The van der Waals surface area contributed by atoms with Crippen molar-refractivity contribution in [3.63, 3.8) is 0 Å². The summed E-state index contributed by atoms with van der Waals surface area (Å²) in [6.07, 6.45) is -3.86. The number of nitrogens with zero attached hydrogens (tertiary/aromatic N) is 2. The van der Waals surface area contributed by atoms with Crippen molar-refractivity contribution in [1.29, 1.82) is 0 Å². The molecule has 0 atom stereocenters. The van der Waals surface area contributed by atoms with Crippen LogP contribution in [-0.2, 0) is 12.7 Å². The van der Waals surface area contributed by atoms with Crippen molar-refractivity contribution >= 4 is 16.9 Å². The lowest BCUT2D eigenvalue weighted by Crippen LogP contribution is -2.16. The Kier molecular flexibility index (Phi) is 4.46. The van der Waals surface area contributed by atoms with E-state index in [1.165, 1.54) is 16.7 Å². The quantitative estimate of drug-likeness (QED) is 0.921. The Bertz CT molecular complexity index is 690. The monoisotopic (exact) mass is 314 g/mol. The smallest absolute Gasteiger partial charge is 0.417 e. The molecule has 0 saturated carbocycles. The van der Waals surface area contributed by atoms with Crippen LogP contribution in [0.25, 0.3) is 10.9 Å². The van der Waals surface area contributed by atoms with Gasteiger partial charge in [-0.3, -0.25) is 0 Å². The third-order valence-corrected chi connectivity index (χ3v) is 3.46. The predicted molar refractivity (Wildman–Crippen MR) is 77.1 cm³/mol. The predicted octanol–water partition coefficient (Wildman–Crippen LogP) is 3.31. The molecule has 1 heterocycles. The summed E-state index contributed by atoms with van der Waals surface area (Å²) < 4.78 is 40.6. The van der Waals surface area contributed by atoms with Crippen molar-refractivity contribution in [2.45, 2.75) is 19.1 Å². The first-order valence-corrected chi connectivity index (χ1v) is 6.79. The number of halogens is 3. The van der Waals surface area contributed by atoms with E-state index in [0.29, 0.717) is 18.5 Å². The van der Waals surface area contributed by atoms with Crippen LogP contribution >= 0.6 is 0 Å². The molecule has 0 unspecified atom stereocenters. The number of carboxylic acid groups (broad SMARTS) is 1. The van der Waals surface area contributed by atoms with E-state index < -0.39 is 17.7 Å². The molecule has 0 aliphatic heterocycles. The number of aromatic carboxylic acids is 1. The lowest BCUT2D eigenvalue weighted by atomic mass is 10.1. The lowest BCUT2D eigenvalue weighted by molar-refractivity contribution is -0.136. The van der Waals surface area contributed by atoms with Gasteiger partial charge in [0.25, 0.3) is 0 Å². The van der Waals surface area contributed by atoms with Crippen molar-refractivity contribution in [2.75, 3.05) is 20.6 Å². The summed E-state index contributed by atoms with van der Waals surface area (Å²) in [6.45, 7) is 1.07. The van der Waals surface area contributed by atoms with Crippen molar-refractivity contribution in [3.8, 4) is 0 Å². The molecular formula is C15H17F3N2O2. The molecule has 120 valence electrons. The maximum Gasteiger partial charge on any atom is 0.417 e. The highest BCUT2D eigenvalue weighted by molar-refractivity contribution is 5.96. The average Bonchev–Trinajstić information content (AvgIpc) is 2.76. The van der Waals surface area contributed by atoms with Crippen LogP contribution in [0, 0.1) is 0 Å². The van der Waals surface area contributed by atoms with Crippen LogP contribution in [0.3, 0.4) is 0 Å². The fourth-order valence-corrected chi connectivity index (χ4v) is 2.49. The van der Waals surface area contributed by atoms with Crippen LogP contribution in [0.15, 0.2) is 24.3 Å². The molecular weight excluding hydrogens is 297 g/mol. The standard InChI is InChI=1S/C15H17F3N2O2/c1-19(2)7-4-8-20-12-6-3-5-11(15(16,17)18)10(12)9-13(20)14(21)22/h3,5-6,9H,4,7-8H2,1-2H3,(H,21,22). The number of carbonyl (C=O) groups is 1. The normalized spacial score (nSPS) is 12.3. The highest BCUT2D eigenvalue weighted by Gasteiger charge is 2.33. The van der Waals surface area contributed by atoms with E-state index in [-0.39, 0.29) is 11.1 Å². The van der Waals surface area contributed by atoms with Gasteiger partial charge < -0.3 is 14.6 Å². The molecule has 0 aliphatic carbocycles. The number of benzene rings is 1. The van der Waals surface area contributed by atoms with Gasteiger partial charge in [0.15, 0.2) is 0 Å². The van der Waals surface area contributed by atoms with Gasteiger partial charge in [0.1, 0.15) is 5.69 Å². The molecule has 1 N–H and O–H groups in total. The molecule has 22 heavy (non-hydrogen) atoms. The molecule has 0 bridgehead atoms. The summed E-state index contributed by atoms with van der Waals surface area (Å²) in [5, 5.41) is 9.18. The van der Waals surface area contributed by atoms with Crippen molar-refractivity contribution in [1.82, 2.24) is 9.47 Å². The molecule has 2 aromatic rings. The van der Waals surface area contributed by atoms with Crippen molar-refractivity contribution in [3.05, 3.63) is 35.5 Å². The highest BCUT2D eigenvalue weighted by Crippen LogP contribution is 2.36. The number of hydrogen-bond donors (Lipinski definition) is 1. The zero-order chi connectivity index (χ0) is 16.5. The van der Waals surface area contributed by atoms with Crippen LogP contribution < -0.4 is 0 Å². The summed E-state index contributed by atoms with van der Waals surface area (Å²) in [5.74, 6) is -1.23. The van der Waals surface area contributed by atoms with E-state index in [2.05, 4.69) is 0 Å². The van der Waals surface area contributed by atoms with Crippen LogP contribution in [0.2, 0.25) is 0 Å². The molecule has 0 amide bonds. The van der Waals surface area contributed by atoms with Crippen LogP contribution in [0.5, 0.6) is 0 Å². The minimum absolute atomic E-state index is 0.0720. The van der Waals surface area contributed by atoms with E-state index >= 15 is 0 Å². The van der Waals surface area contributed by atoms with Gasteiger partial charge >= 0.3 is 12.1 Å². The van der Waals surface area contributed by atoms with Gasteiger partial charge in [0.2, 0.25) is 0 Å². The highest BCUT2D eigenvalue weighted by atomic mass is 19.4. The second-order valence-electron chi connectivity index (χ2n) is 5.38. The summed E-state index contributed by atoms with van der Waals surface area (Å²) in [4.78, 5) is 13.3. The minimum atomic E-state index is -4.51. The SMILES string of the molecule is CN(C)CCCn1c(C(=O)O)cc2c(C(F)(F)F)cccc21. The maximum absolute atomic E-state index is 13.1. The Morgan fingerprint density at radius 2 is 2.00 bits per heavy atom. The Morgan fingerprint density at radius 3 is 2.55 bits per heavy atom. The van der Waals surface area contributed by atoms with Crippen LogP contribution in [0.1, 0.15) is 22.5 Å². The molecule has 7 heteroatoms. The molecule has 1 aromatic carbocycles.